The Morgan fingerprint density at radius 2 is 2.24 bits per heavy atom. The summed E-state index contributed by atoms with van der Waals surface area (Å²) in [6.45, 7) is 3.28. The van der Waals surface area contributed by atoms with Gasteiger partial charge in [-0.05, 0) is 37.8 Å². The average molecular weight is 292 g/mol. The first kappa shape index (κ1) is 15.6. The summed E-state index contributed by atoms with van der Waals surface area (Å²) in [5.41, 5.74) is 6.32. The number of hydrogen-bond donors (Lipinski definition) is 1. The Balaban J connectivity index is 1.90. The van der Waals surface area contributed by atoms with Crippen LogP contribution in [0.1, 0.15) is 19.8 Å². The zero-order chi connectivity index (χ0) is 15.2. The minimum absolute atomic E-state index is 0.00567. The maximum absolute atomic E-state index is 12.4. The van der Waals surface area contributed by atoms with Gasteiger partial charge in [-0.15, -0.1) is 0 Å². The summed E-state index contributed by atoms with van der Waals surface area (Å²) in [7, 11) is 1.65. The van der Waals surface area contributed by atoms with Crippen LogP contribution in [0.4, 0.5) is 5.69 Å². The number of carbonyl (C=O) groups excluding carboxylic acids is 1. The van der Waals surface area contributed by atoms with Crippen molar-refractivity contribution >= 4 is 11.6 Å². The van der Waals surface area contributed by atoms with E-state index in [4.69, 9.17) is 15.2 Å². The highest BCUT2D eigenvalue weighted by Gasteiger charge is 2.34. The summed E-state index contributed by atoms with van der Waals surface area (Å²) in [6.07, 6.45) is 2.40. The number of hydrogen-bond acceptors (Lipinski definition) is 4. The Morgan fingerprint density at radius 3 is 2.86 bits per heavy atom. The van der Waals surface area contributed by atoms with E-state index in [-0.39, 0.29) is 18.6 Å². The molecule has 1 amide bonds. The lowest BCUT2D eigenvalue weighted by Crippen LogP contribution is -2.44. The number of nitrogens with zero attached hydrogens (tertiary/aromatic N) is 1. The molecule has 1 aliphatic rings. The number of rotatable bonds is 8. The van der Waals surface area contributed by atoms with Gasteiger partial charge in [0.2, 0.25) is 0 Å². The fraction of sp³-hybridized carbons (Fsp3) is 0.562. The van der Waals surface area contributed by atoms with E-state index >= 15 is 0 Å². The summed E-state index contributed by atoms with van der Waals surface area (Å²) >= 11 is 0. The Labute approximate surface area is 126 Å². The van der Waals surface area contributed by atoms with Gasteiger partial charge in [-0.2, -0.15) is 0 Å². The summed E-state index contributed by atoms with van der Waals surface area (Å²) in [4.78, 5) is 14.3. The zero-order valence-corrected chi connectivity index (χ0v) is 12.7. The van der Waals surface area contributed by atoms with E-state index in [1.807, 2.05) is 11.0 Å². The second kappa shape index (κ2) is 7.31. The Hall–Kier alpha value is -1.75. The maximum atomic E-state index is 12.4. The lowest BCUT2D eigenvalue weighted by molar-refractivity contribution is -0.136. The SMILES string of the molecule is COCCN(C(=O)COc1cccc(N)c1)C(C)C1CC1. The number of benzene rings is 1. The van der Waals surface area contributed by atoms with Gasteiger partial charge in [0.1, 0.15) is 5.75 Å². The molecule has 0 heterocycles. The molecule has 0 radical (unpaired) electrons. The molecular weight excluding hydrogens is 268 g/mol. The normalized spacial score (nSPS) is 15.5. The lowest BCUT2D eigenvalue weighted by Gasteiger charge is -2.29. The van der Waals surface area contributed by atoms with Crippen LogP contribution in [0, 0.1) is 5.92 Å². The number of anilines is 1. The number of carbonyl (C=O) groups is 1. The minimum atomic E-state index is -0.00567. The van der Waals surface area contributed by atoms with Crippen molar-refractivity contribution in [2.24, 2.45) is 5.92 Å². The van der Waals surface area contributed by atoms with Crippen LogP contribution in [0.5, 0.6) is 5.75 Å². The van der Waals surface area contributed by atoms with E-state index < -0.39 is 0 Å². The van der Waals surface area contributed by atoms with Gasteiger partial charge < -0.3 is 20.1 Å². The summed E-state index contributed by atoms with van der Waals surface area (Å²) in [6, 6.07) is 7.36. The van der Waals surface area contributed by atoms with Crippen LogP contribution in [0.15, 0.2) is 24.3 Å². The number of nitrogens with two attached hydrogens (primary N) is 1. The molecule has 1 aromatic carbocycles. The van der Waals surface area contributed by atoms with Crippen molar-refractivity contribution in [2.45, 2.75) is 25.8 Å². The van der Waals surface area contributed by atoms with Gasteiger partial charge in [-0.1, -0.05) is 6.07 Å². The topological polar surface area (TPSA) is 64.8 Å². The van der Waals surface area contributed by atoms with Crippen molar-refractivity contribution in [3.8, 4) is 5.75 Å². The van der Waals surface area contributed by atoms with Crippen LogP contribution in [0.3, 0.4) is 0 Å². The first-order valence-corrected chi connectivity index (χ1v) is 7.38. The summed E-state index contributed by atoms with van der Waals surface area (Å²) < 4.78 is 10.6. The predicted molar refractivity (Wildman–Crippen MR) is 82.1 cm³/mol. The third-order valence-corrected chi connectivity index (χ3v) is 3.87. The van der Waals surface area contributed by atoms with Gasteiger partial charge in [-0.25, -0.2) is 0 Å². The minimum Gasteiger partial charge on any atom is -0.484 e. The van der Waals surface area contributed by atoms with E-state index in [0.29, 0.717) is 30.5 Å². The van der Waals surface area contributed by atoms with Crippen LogP contribution >= 0.6 is 0 Å². The molecule has 2 rings (SSSR count). The molecule has 0 aromatic heterocycles. The van der Waals surface area contributed by atoms with Crippen molar-refractivity contribution in [3.05, 3.63) is 24.3 Å². The maximum Gasteiger partial charge on any atom is 0.260 e. The van der Waals surface area contributed by atoms with Crippen LogP contribution in [-0.2, 0) is 9.53 Å². The summed E-state index contributed by atoms with van der Waals surface area (Å²) in [5.74, 6) is 1.24. The van der Waals surface area contributed by atoms with Gasteiger partial charge >= 0.3 is 0 Å². The smallest absolute Gasteiger partial charge is 0.260 e. The van der Waals surface area contributed by atoms with E-state index in [2.05, 4.69) is 6.92 Å². The molecule has 0 saturated heterocycles. The molecule has 1 unspecified atom stereocenters. The van der Waals surface area contributed by atoms with Crippen molar-refractivity contribution in [3.63, 3.8) is 0 Å². The Bertz CT molecular complexity index is 474. The van der Waals surface area contributed by atoms with Gasteiger partial charge in [0.25, 0.3) is 5.91 Å². The van der Waals surface area contributed by atoms with E-state index in [1.165, 1.54) is 12.8 Å². The molecule has 0 spiro atoms. The molecule has 5 nitrogen and oxygen atoms in total. The fourth-order valence-electron chi connectivity index (χ4n) is 2.41. The number of methoxy groups -OCH3 is 1. The molecule has 21 heavy (non-hydrogen) atoms. The lowest BCUT2D eigenvalue weighted by atomic mass is 10.2. The van der Waals surface area contributed by atoms with Gasteiger partial charge in [0, 0.05) is 31.5 Å². The van der Waals surface area contributed by atoms with Crippen LogP contribution < -0.4 is 10.5 Å². The second-order valence-corrected chi connectivity index (χ2v) is 5.52. The molecule has 1 fully saturated rings. The Morgan fingerprint density at radius 1 is 1.48 bits per heavy atom. The highest BCUT2D eigenvalue weighted by molar-refractivity contribution is 5.78. The summed E-state index contributed by atoms with van der Waals surface area (Å²) in [5, 5.41) is 0. The average Bonchev–Trinajstić information content (AvgIpc) is 3.30. The molecular formula is C16H24N2O3. The first-order chi connectivity index (χ1) is 10.1. The van der Waals surface area contributed by atoms with E-state index in [1.54, 1.807) is 25.3 Å². The van der Waals surface area contributed by atoms with Crippen molar-refractivity contribution in [1.82, 2.24) is 4.90 Å². The fourth-order valence-corrected chi connectivity index (χ4v) is 2.41. The standard InChI is InChI=1S/C16H24N2O3/c1-12(13-6-7-13)18(8-9-20-2)16(19)11-21-15-5-3-4-14(17)10-15/h3-5,10,12-13H,6-9,11,17H2,1-2H3. The third-order valence-electron chi connectivity index (χ3n) is 3.87. The zero-order valence-electron chi connectivity index (χ0n) is 12.7. The largest absolute Gasteiger partial charge is 0.484 e. The number of ether oxygens (including phenoxy) is 2. The molecule has 5 heteroatoms. The second-order valence-electron chi connectivity index (χ2n) is 5.52. The number of amides is 1. The first-order valence-electron chi connectivity index (χ1n) is 7.38. The molecule has 1 saturated carbocycles. The number of nitrogen functional groups attached to an aromatic ring is 1. The third kappa shape index (κ3) is 4.63. The Kier molecular flexibility index (Phi) is 5.44. The van der Waals surface area contributed by atoms with E-state index in [0.717, 1.165) is 0 Å². The van der Waals surface area contributed by atoms with Gasteiger partial charge in [0.05, 0.1) is 6.61 Å². The molecule has 1 aliphatic carbocycles. The highest BCUT2D eigenvalue weighted by atomic mass is 16.5. The molecule has 0 bridgehead atoms. The van der Waals surface area contributed by atoms with Crippen molar-refractivity contribution in [2.75, 3.05) is 32.6 Å². The quantitative estimate of drug-likeness (QED) is 0.743. The van der Waals surface area contributed by atoms with Crippen LogP contribution in [-0.4, -0.2) is 43.7 Å². The van der Waals surface area contributed by atoms with Crippen LogP contribution in [0.2, 0.25) is 0 Å². The van der Waals surface area contributed by atoms with Crippen LogP contribution in [0.25, 0.3) is 0 Å². The van der Waals surface area contributed by atoms with Gasteiger partial charge in [0.15, 0.2) is 6.61 Å². The van der Waals surface area contributed by atoms with Crippen molar-refractivity contribution in [1.29, 1.82) is 0 Å². The van der Waals surface area contributed by atoms with Crippen molar-refractivity contribution < 1.29 is 14.3 Å². The van der Waals surface area contributed by atoms with E-state index in [9.17, 15) is 4.79 Å². The molecule has 1 atom stereocenters. The monoisotopic (exact) mass is 292 g/mol. The predicted octanol–water partition coefficient (Wildman–Crippen LogP) is 1.92. The van der Waals surface area contributed by atoms with Gasteiger partial charge in [-0.3, -0.25) is 4.79 Å². The molecule has 116 valence electrons. The highest BCUT2D eigenvalue weighted by Crippen LogP contribution is 2.35. The molecule has 2 N–H and O–H groups in total. The molecule has 1 aromatic rings. The molecule has 0 aliphatic heterocycles.